The second-order valence-corrected chi connectivity index (χ2v) is 3.10. The summed E-state index contributed by atoms with van der Waals surface area (Å²) in [6.45, 7) is 0.559. The van der Waals surface area contributed by atoms with Crippen molar-refractivity contribution in [1.29, 1.82) is 0 Å². The Kier molecular flexibility index (Phi) is 3.82. The van der Waals surface area contributed by atoms with Crippen molar-refractivity contribution in [3.8, 4) is 0 Å². The van der Waals surface area contributed by atoms with E-state index in [-0.39, 0.29) is 6.04 Å². The molecule has 1 unspecified atom stereocenters. The summed E-state index contributed by atoms with van der Waals surface area (Å²) in [4.78, 5) is 4.05. The molecule has 3 N–H and O–H groups in total. The van der Waals surface area contributed by atoms with Crippen LogP contribution in [0.3, 0.4) is 0 Å². The summed E-state index contributed by atoms with van der Waals surface area (Å²) in [5.41, 5.74) is 9.96. The number of hydrazine groups is 1. The third-order valence-electron chi connectivity index (χ3n) is 1.74. The molecule has 0 spiro atoms. The van der Waals surface area contributed by atoms with Gasteiger partial charge in [0.1, 0.15) is 0 Å². The number of aromatic nitrogens is 1. The standard InChI is InChI=1S/C9H16N4/c1-13(2)12-9(6-10)8-4-3-5-11-7-8/h3-5,7,9,12H,6,10H2,1-2H3. The van der Waals surface area contributed by atoms with Gasteiger partial charge in [-0.05, 0) is 11.6 Å². The molecule has 0 bridgehead atoms. The van der Waals surface area contributed by atoms with E-state index >= 15 is 0 Å². The molecule has 4 nitrogen and oxygen atoms in total. The van der Waals surface area contributed by atoms with Gasteiger partial charge < -0.3 is 5.73 Å². The van der Waals surface area contributed by atoms with Gasteiger partial charge in [-0.15, -0.1) is 0 Å². The van der Waals surface area contributed by atoms with Crippen LogP contribution >= 0.6 is 0 Å². The molecule has 0 aliphatic heterocycles. The maximum atomic E-state index is 5.64. The van der Waals surface area contributed by atoms with Crippen molar-refractivity contribution < 1.29 is 0 Å². The molecule has 0 saturated heterocycles. The van der Waals surface area contributed by atoms with E-state index in [1.165, 1.54) is 0 Å². The molecule has 0 radical (unpaired) electrons. The molecule has 0 aromatic carbocycles. The minimum absolute atomic E-state index is 0.142. The number of rotatable bonds is 4. The molecule has 1 atom stereocenters. The van der Waals surface area contributed by atoms with Crippen LogP contribution in [0.15, 0.2) is 24.5 Å². The first-order valence-electron chi connectivity index (χ1n) is 4.27. The van der Waals surface area contributed by atoms with Crippen LogP contribution in [0.5, 0.6) is 0 Å². The first-order valence-corrected chi connectivity index (χ1v) is 4.27. The van der Waals surface area contributed by atoms with Crippen molar-refractivity contribution in [2.75, 3.05) is 20.6 Å². The normalized spacial score (nSPS) is 13.2. The first-order chi connectivity index (χ1) is 6.24. The highest BCUT2D eigenvalue weighted by molar-refractivity contribution is 5.13. The lowest BCUT2D eigenvalue weighted by Gasteiger charge is -2.21. The van der Waals surface area contributed by atoms with Crippen molar-refractivity contribution in [1.82, 2.24) is 15.4 Å². The Bertz CT molecular complexity index is 235. The second kappa shape index (κ2) is 4.91. The van der Waals surface area contributed by atoms with Crippen molar-refractivity contribution >= 4 is 0 Å². The summed E-state index contributed by atoms with van der Waals surface area (Å²) >= 11 is 0. The van der Waals surface area contributed by atoms with Crippen LogP contribution < -0.4 is 11.2 Å². The number of nitrogens with two attached hydrogens (primary N) is 1. The van der Waals surface area contributed by atoms with Gasteiger partial charge in [-0.2, -0.15) is 0 Å². The zero-order valence-corrected chi connectivity index (χ0v) is 8.07. The second-order valence-electron chi connectivity index (χ2n) is 3.10. The fraction of sp³-hybridized carbons (Fsp3) is 0.444. The summed E-state index contributed by atoms with van der Waals surface area (Å²) in [7, 11) is 3.89. The first kappa shape index (κ1) is 10.1. The average Bonchev–Trinajstić information content (AvgIpc) is 2.15. The Labute approximate surface area is 78.7 Å². The van der Waals surface area contributed by atoms with Gasteiger partial charge in [0.05, 0.1) is 6.04 Å². The van der Waals surface area contributed by atoms with E-state index in [0.29, 0.717) is 6.54 Å². The number of hydrogen-bond acceptors (Lipinski definition) is 4. The Balaban J connectivity index is 2.67. The molecule has 0 aliphatic carbocycles. The molecule has 1 heterocycles. The number of nitrogens with zero attached hydrogens (tertiary/aromatic N) is 2. The van der Waals surface area contributed by atoms with Gasteiger partial charge in [0.15, 0.2) is 0 Å². The molecule has 0 amide bonds. The molecular formula is C9H16N4. The fourth-order valence-electron chi connectivity index (χ4n) is 1.16. The Morgan fingerprint density at radius 1 is 1.62 bits per heavy atom. The minimum atomic E-state index is 0.142. The predicted molar refractivity (Wildman–Crippen MR) is 52.9 cm³/mol. The van der Waals surface area contributed by atoms with Gasteiger partial charge in [-0.3, -0.25) is 4.98 Å². The molecular weight excluding hydrogens is 164 g/mol. The van der Waals surface area contributed by atoms with Crippen LogP contribution in [0, 0.1) is 0 Å². The Morgan fingerprint density at radius 3 is 2.85 bits per heavy atom. The van der Waals surface area contributed by atoms with Crippen molar-refractivity contribution in [3.05, 3.63) is 30.1 Å². The quantitative estimate of drug-likeness (QED) is 0.647. The van der Waals surface area contributed by atoms with E-state index in [0.717, 1.165) is 5.56 Å². The maximum absolute atomic E-state index is 5.64. The zero-order chi connectivity index (χ0) is 9.68. The molecule has 4 heteroatoms. The lowest BCUT2D eigenvalue weighted by Crippen LogP contribution is -2.38. The monoisotopic (exact) mass is 180 g/mol. The highest BCUT2D eigenvalue weighted by Crippen LogP contribution is 2.08. The lowest BCUT2D eigenvalue weighted by atomic mass is 10.1. The topological polar surface area (TPSA) is 54.2 Å². The molecule has 13 heavy (non-hydrogen) atoms. The third kappa shape index (κ3) is 3.10. The van der Waals surface area contributed by atoms with Gasteiger partial charge in [-0.1, -0.05) is 6.07 Å². The van der Waals surface area contributed by atoms with E-state index in [1.54, 1.807) is 6.20 Å². The van der Waals surface area contributed by atoms with Crippen LogP contribution in [0.4, 0.5) is 0 Å². The maximum Gasteiger partial charge on any atom is 0.0601 e. The summed E-state index contributed by atoms with van der Waals surface area (Å²) in [6.07, 6.45) is 3.58. The predicted octanol–water partition coefficient (Wildman–Crippen LogP) is 0.148. The van der Waals surface area contributed by atoms with Gasteiger partial charge in [0.2, 0.25) is 0 Å². The number of nitrogens with one attached hydrogen (secondary N) is 1. The number of pyridine rings is 1. The van der Waals surface area contributed by atoms with Crippen molar-refractivity contribution in [2.24, 2.45) is 5.73 Å². The molecule has 1 aromatic heterocycles. The fourth-order valence-corrected chi connectivity index (χ4v) is 1.16. The van der Waals surface area contributed by atoms with E-state index in [9.17, 15) is 0 Å². The van der Waals surface area contributed by atoms with Crippen molar-refractivity contribution in [3.63, 3.8) is 0 Å². The van der Waals surface area contributed by atoms with Gasteiger partial charge in [0, 0.05) is 33.0 Å². The van der Waals surface area contributed by atoms with Gasteiger partial charge >= 0.3 is 0 Å². The average molecular weight is 180 g/mol. The summed E-state index contributed by atoms with van der Waals surface area (Å²) in [6, 6.07) is 4.07. The lowest BCUT2D eigenvalue weighted by molar-refractivity contribution is 0.245. The third-order valence-corrected chi connectivity index (χ3v) is 1.74. The van der Waals surface area contributed by atoms with Crippen molar-refractivity contribution in [2.45, 2.75) is 6.04 Å². The zero-order valence-electron chi connectivity index (χ0n) is 8.07. The van der Waals surface area contributed by atoms with Crippen LogP contribution in [0.2, 0.25) is 0 Å². The molecule has 0 aliphatic rings. The van der Waals surface area contributed by atoms with Crippen LogP contribution in [0.25, 0.3) is 0 Å². The summed E-state index contributed by atoms with van der Waals surface area (Å²) in [5.74, 6) is 0. The van der Waals surface area contributed by atoms with E-state index in [2.05, 4.69) is 10.4 Å². The number of hydrogen-bond donors (Lipinski definition) is 2. The van der Waals surface area contributed by atoms with Crippen LogP contribution in [-0.2, 0) is 0 Å². The highest BCUT2D eigenvalue weighted by atomic mass is 15.5. The molecule has 72 valence electrons. The van der Waals surface area contributed by atoms with E-state index in [4.69, 9.17) is 5.73 Å². The minimum Gasteiger partial charge on any atom is -0.329 e. The van der Waals surface area contributed by atoms with Gasteiger partial charge in [0.25, 0.3) is 0 Å². The summed E-state index contributed by atoms with van der Waals surface area (Å²) in [5, 5.41) is 1.89. The Hall–Kier alpha value is -0.970. The highest BCUT2D eigenvalue weighted by Gasteiger charge is 2.08. The molecule has 1 aromatic rings. The molecule has 0 saturated carbocycles. The van der Waals surface area contributed by atoms with Crippen LogP contribution in [0.1, 0.15) is 11.6 Å². The molecule has 0 fully saturated rings. The van der Waals surface area contributed by atoms with Gasteiger partial charge in [-0.25, -0.2) is 10.4 Å². The summed E-state index contributed by atoms with van der Waals surface area (Å²) < 4.78 is 0. The molecule has 1 rings (SSSR count). The van der Waals surface area contributed by atoms with E-state index in [1.807, 2.05) is 37.4 Å². The SMILES string of the molecule is CN(C)NC(CN)c1cccnc1. The largest absolute Gasteiger partial charge is 0.329 e. The van der Waals surface area contributed by atoms with E-state index < -0.39 is 0 Å². The van der Waals surface area contributed by atoms with Crippen LogP contribution in [-0.4, -0.2) is 30.6 Å². The smallest absolute Gasteiger partial charge is 0.0601 e. The Morgan fingerprint density at radius 2 is 2.38 bits per heavy atom.